The second-order valence-electron chi connectivity index (χ2n) is 5.31. The number of benzene rings is 2. The van der Waals surface area contributed by atoms with Crippen molar-refractivity contribution in [2.75, 3.05) is 7.05 Å². The van der Waals surface area contributed by atoms with Crippen molar-refractivity contribution >= 4 is 38.0 Å². The third-order valence-corrected chi connectivity index (χ3v) is 5.49. The predicted molar refractivity (Wildman–Crippen MR) is 96.2 cm³/mol. The van der Waals surface area contributed by atoms with E-state index >= 15 is 0 Å². The van der Waals surface area contributed by atoms with Crippen molar-refractivity contribution in [3.8, 4) is 0 Å². The summed E-state index contributed by atoms with van der Waals surface area (Å²) in [7, 11) is 2.05. The number of hydrogen-bond donors (Lipinski definition) is 1. The first-order valence-corrected chi connectivity index (χ1v) is 8.80. The van der Waals surface area contributed by atoms with E-state index in [1.165, 1.54) is 25.7 Å². The van der Waals surface area contributed by atoms with Gasteiger partial charge in [0.15, 0.2) is 0 Å². The van der Waals surface area contributed by atoms with Crippen LogP contribution in [0.5, 0.6) is 0 Å². The number of likely N-dealkylation sites (N-methyl/N-ethyl adjacent to an activating group) is 1. The summed E-state index contributed by atoms with van der Waals surface area (Å²) in [4.78, 5) is 1.42. The molecule has 108 valence electrons. The molecule has 0 fully saturated rings. The van der Waals surface area contributed by atoms with Crippen molar-refractivity contribution in [3.63, 3.8) is 0 Å². The van der Waals surface area contributed by atoms with E-state index in [9.17, 15) is 0 Å². The Kier molecular flexibility index (Phi) is 4.73. The number of halogens is 1. The summed E-state index contributed by atoms with van der Waals surface area (Å²) in [6.07, 6.45) is 2.12. The highest BCUT2D eigenvalue weighted by molar-refractivity contribution is 9.10. The van der Waals surface area contributed by atoms with Gasteiger partial charge in [0.1, 0.15) is 0 Å². The molecule has 1 nitrogen and oxygen atoms in total. The van der Waals surface area contributed by atoms with Gasteiger partial charge in [0.05, 0.1) is 0 Å². The van der Waals surface area contributed by atoms with Crippen LogP contribution < -0.4 is 5.32 Å². The smallest absolute Gasteiger partial charge is 0.0285 e. The fraction of sp³-hybridized carbons (Fsp3) is 0.222. The summed E-state index contributed by atoms with van der Waals surface area (Å²) >= 11 is 5.35. The summed E-state index contributed by atoms with van der Waals surface area (Å²) in [6.45, 7) is 0. The maximum absolute atomic E-state index is 3.53. The minimum Gasteiger partial charge on any atom is -0.316 e. The van der Waals surface area contributed by atoms with E-state index in [0.29, 0.717) is 6.04 Å². The van der Waals surface area contributed by atoms with Gasteiger partial charge in [-0.15, -0.1) is 11.3 Å². The molecule has 1 unspecified atom stereocenters. The number of thiophene rings is 1. The molecule has 0 aliphatic heterocycles. The quantitative estimate of drug-likeness (QED) is 0.672. The van der Waals surface area contributed by atoms with Gasteiger partial charge in [0.25, 0.3) is 0 Å². The molecule has 3 heteroatoms. The molecule has 1 aromatic heterocycles. The molecule has 0 saturated carbocycles. The molecule has 0 aliphatic rings. The highest BCUT2D eigenvalue weighted by Crippen LogP contribution is 2.22. The van der Waals surface area contributed by atoms with Crippen LogP contribution in [0.3, 0.4) is 0 Å². The number of nitrogens with one attached hydrogen (secondary N) is 1. The molecule has 0 saturated heterocycles. The molecule has 0 spiro atoms. The molecule has 1 atom stereocenters. The molecule has 1 N–H and O–H groups in total. The van der Waals surface area contributed by atoms with Crippen molar-refractivity contribution in [3.05, 3.63) is 68.8 Å². The summed E-state index contributed by atoms with van der Waals surface area (Å²) in [5, 5.41) is 8.23. The Hall–Kier alpha value is -1.16. The zero-order chi connectivity index (χ0) is 14.7. The van der Waals surface area contributed by atoms with Gasteiger partial charge in [0.2, 0.25) is 0 Å². The Morgan fingerprint density at radius 3 is 2.57 bits per heavy atom. The molecular weight excluding hydrogens is 342 g/mol. The lowest BCUT2D eigenvalue weighted by atomic mass is 9.99. The molecule has 0 aliphatic carbocycles. The average Bonchev–Trinajstić information content (AvgIpc) is 2.91. The highest BCUT2D eigenvalue weighted by Gasteiger charge is 2.10. The second kappa shape index (κ2) is 6.73. The number of hydrogen-bond acceptors (Lipinski definition) is 2. The molecule has 1 heterocycles. The van der Waals surface area contributed by atoms with Gasteiger partial charge < -0.3 is 5.32 Å². The van der Waals surface area contributed by atoms with Crippen molar-refractivity contribution in [1.29, 1.82) is 0 Å². The van der Waals surface area contributed by atoms with E-state index in [4.69, 9.17) is 0 Å². The van der Waals surface area contributed by atoms with E-state index in [0.717, 1.165) is 12.8 Å². The monoisotopic (exact) mass is 359 g/mol. The zero-order valence-electron chi connectivity index (χ0n) is 12.0. The van der Waals surface area contributed by atoms with Gasteiger partial charge in [-0.1, -0.05) is 42.5 Å². The topological polar surface area (TPSA) is 12.0 Å². The summed E-state index contributed by atoms with van der Waals surface area (Å²) < 4.78 is 1.18. The number of fused-ring (bicyclic) bond motifs is 1. The average molecular weight is 360 g/mol. The Morgan fingerprint density at radius 2 is 1.86 bits per heavy atom. The van der Waals surface area contributed by atoms with Crippen molar-refractivity contribution in [2.24, 2.45) is 0 Å². The minimum absolute atomic E-state index is 0.469. The van der Waals surface area contributed by atoms with Crippen LogP contribution in [0, 0.1) is 0 Å². The van der Waals surface area contributed by atoms with Gasteiger partial charge in [0, 0.05) is 20.8 Å². The molecule has 3 rings (SSSR count). The van der Waals surface area contributed by atoms with Crippen LogP contribution in [0.1, 0.15) is 10.4 Å². The summed E-state index contributed by atoms with van der Waals surface area (Å²) in [5.41, 5.74) is 1.39. The second-order valence-corrected chi connectivity index (χ2v) is 7.22. The highest BCUT2D eigenvalue weighted by atomic mass is 79.9. The lowest BCUT2D eigenvalue weighted by Crippen LogP contribution is -2.29. The first-order chi connectivity index (χ1) is 10.2. The van der Waals surface area contributed by atoms with Crippen molar-refractivity contribution < 1.29 is 0 Å². The number of rotatable bonds is 5. The van der Waals surface area contributed by atoms with E-state index in [2.05, 4.69) is 75.2 Å². The SMILES string of the molecule is CNC(Cc1ccc2ccccc2c1)Cc1cc(Br)cs1. The van der Waals surface area contributed by atoms with Crippen LogP contribution in [0.15, 0.2) is 58.4 Å². The lowest BCUT2D eigenvalue weighted by Gasteiger charge is -2.15. The molecule has 0 amide bonds. The van der Waals surface area contributed by atoms with Crippen LogP contribution in [0.25, 0.3) is 10.8 Å². The van der Waals surface area contributed by atoms with Crippen LogP contribution in [-0.2, 0) is 12.8 Å². The lowest BCUT2D eigenvalue weighted by molar-refractivity contribution is 0.560. The summed E-state index contributed by atoms with van der Waals surface area (Å²) in [5.74, 6) is 0. The maximum Gasteiger partial charge on any atom is 0.0285 e. The maximum atomic E-state index is 3.53. The molecule has 2 aromatic carbocycles. The minimum atomic E-state index is 0.469. The van der Waals surface area contributed by atoms with Crippen LogP contribution >= 0.6 is 27.3 Å². The van der Waals surface area contributed by atoms with E-state index < -0.39 is 0 Å². The molecule has 3 aromatic rings. The Bertz CT molecular complexity index is 735. The van der Waals surface area contributed by atoms with Gasteiger partial charge >= 0.3 is 0 Å². The zero-order valence-corrected chi connectivity index (χ0v) is 14.4. The molecular formula is C18H18BrNS. The Balaban J connectivity index is 1.75. The third-order valence-electron chi connectivity index (χ3n) is 3.77. The van der Waals surface area contributed by atoms with Crippen molar-refractivity contribution in [2.45, 2.75) is 18.9 Å². The fourth-order valence-electron chi connectivity index (χ4n) is 2.63. The molecule has 0 radical (unpaired) electrons. The predicted octanol–water partition coefficient (Wildman–Crippen LogP) is 5.04. The largest absolute Gasteiger partial charge is 0.316 e. The van der Waals surface area contributed by atoms with Crippen LogP contribution in [0.4, 0.5) is 0 Å². The first kappa shape index (κ1) is 14.8. The normalized spacial score (nSPS) is 12.7. The molecule has 21 heavy (non-hydrogen) atoms. The van der Waals surface area contributed by atoms with E-state index in [1.54, 1.807) is 0 Å². The third kappa shape index (κ3) is 3.73. The van der Waals surface area contributed by atoms with Gasteiger partial charge in [-0.05, 0) is 58.2 Å². The first-order valence-electron chi connectivity index (χ1n) is 7.12. The van der Waals surface area contributed by atoms with E-state index in [1.807, 2.05) is 18.4 Å². The van der Waals surface area contributed by atoms with Gasteiger partial charge in [-0.25, -0.2) is 0 Å². The van der Waals surface area contributed by atoms with Gasteiger partial charge in [-0.3, -0.25) is 0 Å². The standard InChI is InChI=1S/C18H18BrNS/c1-20-17(11-18-10-16(19)12-21-18)9-13-6-7-14-4-2-3-5-15(14)8-13/h2-8,10,12,17,20H,9,11H2,1H3. The fourth-order valence-corrected chi connectivity index (χ4v) is 4.16. The molecule has 0 bridgehead atoms. The van der Waals surface area contributed by atoms with Crippen molar-refractivity contribution in [1.82, 2.24) is 5.32 Å². The summed E-state index contributed by atoms with van der Waals surface area (Å²) in [6, 6.07) is 18.0. The van der Waals surface area contributed by atoms with Gasteiger partial charge in [-0.2, -0.15) is 0 Å². The Morgan fingerprint density at radius 1 is 1.05 bits per heavy atom. The Labute approximate surface area is 138 Å². The van der Waals surface area contributed by atoms with Crippen LogP contribution in [0.2, 0.25) is 0 Å². The van der Waals surface area contributed by atoms with E-state index in [-0.39, 0.29) is 0 Å². The van der Waals surface area contributed by atoms with Crippen LogP contribution in [-0.4, -0.2) is 13.1 Å².